The van der Waals surface area contributed by atoms with E-state index in [4.69, 9.17) is 11.6 Å². The van der Waals surface area contributed by atoms with Crippen molar-refractivity contribution >= 4 is 45.0 Å². The zero-order valence-electron chi connectivity index (χ0n) is 18.3. The molecule has 1 amide bonds. The lowest BCUT2D eigenvalue weighted by molar-refractivity contribution is -0.115. The molecule has 2 aromatic carbocycles. The van der Waals surface area contributed by atoms with E-state index >= 15 is 0 Å². The molecule has 0 saturated heterocycles. The molecule has 1 unspecified atom stereocenters. The molecule has 3 aromatic rings. The molecule has 0 radical (unpaired) electrons. The minimum atomic E-state index is -3.61. The summed E-state index contributed by atoms with van der Waals surface area (Å²) in [5.74, 6) is 0.322. The van der Waals surface area contributed by atoms with Crippen molar-refractivity contribution in [1.29, 1.82) is 0 Å². The SMILES string of the molecule is Cc1ccc(S(=O)(=O)N(C)C)cc1NC(=O)C(C)Sc1nnc(-c2ccccc2Cl)n1C. The average Bonchev–Trinajstić information content (AvgIpc) is 3.09. The van der Waals surface area contributed by atoms with Gasteiger partial charge in [0.25, 0.3) is 0 Å². The van der Waals surface area contributed by atoms with Crippen molar-refractivity contribution in [3.63, 3.8) is 0 Å². The summed E-state index contributed by atoms with van der Waals surface area (Å²) >= 11 is 7.51. The highest BCUT2D eigenvalue weighted by molar-refractivity contribution is 8.00. The Balaban J connectivity index is 1.78. The number of thioether (sulfide) groups is 1. The molecule has 11 heteroatoms. The molecule has 0 aliphatic heterocycles. The van der Waals surface area contributed by atoms with Crippen LogP contribution in [-0.4, -0.2) is 52.7 Å². The van der Waals surface area contributed by atoms with Crippen LogP contribution in [0.5, 0.6) is 0 Å². The Morgan fingerprint density at radius 1 is 1.19 bits per heavy atom. The van der Waals surface area contributed by atoms with E-state index in [-0.39, 0.29) is 10.8 Å². The van der Waals surface area contributed by atoms with Crippen molar-refractivity contribution in [3.05, 3.63) is 53.1 Å². The fourth-order valence-corrected chi connectivity index (χ4v) is 4.81. The summed E-state index contributed by atoms with van der Waals surface area (Å²) < 4.78 is 27.8. The number of carbonyl (C=O) groups excluding carboxylic acids is 1. The minimum absolute atomic E-state index is 0.112. The second kappa shape index (κ2) is 9.62. The third kappa shape index (κ3) is 4.98. The summed E-state index contributed by atoms with van der Waals surface area (Å²) in [5.41, 5.74) is 1.95. The number of amides is 1. The summed E-state index contributed by atoms with van der Waals surface area (Å²) in [4.78, 5) is 12.9. The molecule has 32 heavy (non-hydrogen) atoms. The van der Waals surface area contributed by atoms with Crippen LogP contribution in [0, 0.1) is 6.92 Å². The molecule has 3 rings (SSSR count). The Morgan fingerprint density at radius 3 is 2.53 bits per heavy atom. The predicted molar refractivity (Wildman–Crippen MR) is 127 cm³/mol. The van der Waals surface area contributed by atoms with E-state index < -0.39 is 15.3 Å². The zero-order chi connectivity index (χ0) is 23.6. The molecule has 1 aromatic heterocycles. The van der Waals surface area contributed by atoms with Gasteiger partial charge in [-0.25, -0.2) is 12.7 Å². The quantitative estimate of drug-likeness (QED) is 0.502. The van der Waals surface area contributed by atoms with Gasteiger partial charge in [-0.1, -0.05) is 41.6 Å². The fourth-order valence-electron chi connectivity index (χ4n) is 2.85. The van der Waals surface area contributed by atoms with E-state index in [9.17, 15) is 13.2 Å². The lowest BCUT2D eigenvalue weighted by Crippen LogP contribution is -2.25. The lowest BCUT2D eigenvalue weighted by Gasteiger charge is -2.16. The zero-order valence-corrected chi connectivity index (χ0v) is 20.7. The van der Waals surface area contributed by atoms with Gasteiger partial charge in [-0.3, -0.25) is 4.79 Å². The largest absolute Gasteiger partial charge is 0.325 e. The van der Waals surface area contributed by atoms with E-state index in [2.05, 4.69) is 15.5 Å². The number of halogens is 1. The maximum atomic E-state index is 12.8. The highest BCUT2D eigenvalue weighted by Crippen LogP contribution is 2.30. The van der Waals surface area contributed by atoms with Crippen LogP contribution < -0.4 is 5.32 Å². The predicted octanol–water partition coefficient (Wildman–Crippen LogP) is 3.81. The number of aryl methyl sites for hydroxylation is 1. The van der Waals surface area contributed by atoms with Crippen molar-refractivity contribution in [2.45, 2.75) is 29.1 Å². The Hall–Kier alpha value is -2.40. The van der Waals surface area contributed by atoms with Crippen LogP contribution in [0.2, 0.25) is 5.02 Å². The molecule has 0 spiro atoms. The van der Waals surface area contributed by atoms with E-state index in [0.717, 1.165) is 15.4 Å². The summed E-state index contributed by atoms with van der Waals surface area (Å²) in [6.07, 6.45) is 0. The first-order chi connectivity index (χ1) is 15.0. The van der Waals surface area contributed by atoms with Gasteiger partial charge in [-0.15, -0.1) is 10.2 Å². The third-order valence-electron chi connectivity index (χ3n) is 4.85. The van der Waals surface area contributed by atoms with Gasteiger partial charge in [-0.2, -0.15) is 0 Å². The number of carbonyl (C=O) groups is 1. The highest BCUT2D eigenvalue weighted by atomic mass is 35.5. The van der Waals surface area contributed by atoms with Gasteiger partial charge >= 0.3 is 0 Å². The smallest absolute Gasteiger partial charge is 0.242 e. The Labute approximate surface area is 197 Å². The van der Waals surface area contributed by atoms with Crippen molar-refractivity contribution in [2.75, 3.05) is 19.4 Å². The lowest BCUT2D eigenvalue weighted by atomic mass is 10.2. The summed E-state index contributed by atoms with van der Waals surface area (Å²) in [6.45, 7) is 3.55. The number of rotatable bonds is 7. The number of benzene rings is 2. The molecule has 0 aliphatic rings. The molecule has 170 valence electrons. The van der Waals surface area contributed by atoms with Crippen molar-refractivity contribution < 1.29 is 13.2 Å². The van der Waals surface area contributed by atoms with Crippen molar-refractivity contribution in [3.8, 4) is 11.4 Å². The molecular weight excluding hydrogens is 470 g/mol. The maximum Gasteiger partial charge on any atom is 0.242 e. The standard InChI is InChI=1S/C21H24ClN5O3S2/c1-13-10-11-15(32(29,30)26(3)4)12-18(13)23-20(28)14(2)31-21-25-24-19(27(21)5)16-8-6-7-9-17(16)22/h6-12,14H,1-5H3,(H,23,28). The van der Waals surface area contributed by atoms with Crippen LogP contribution in [0.1, 0.15) is 12.5 Å². The molecule has 0 fully saturated rings. The van der Waals surface area contributed by atoms with E-state index in [1.54, 1.807) is 30.5 Å². The Kier molecular flexibility index (Phi) is 7.29. The second-order valence-electron chi connectivity index (χ2n) is 7.36. The first kappa shape index (κ1) is 24.2. The van der Waals surface area contributed by atoms with E-state index in [0.29, 0.717) is 21.7 Å². The monoisotopic (exact) mass is 493 g/mol. The first-order valence-corrected chi connectivity index (χ1v) is 12.4. The molecule has 1 atom stereocenters. The molecule has 1 heterocycles. The maximum absolute atomic E-state index is 12.8. The number of nitrogens with zero attached hydrogens (tertiary/aromatic N) is 4. The number of hydrogen-bond acceptors (Lipinski definition) is 6. The van der Waals surface area contributed by atoms with Gasteiger partial charge in [0.2, 0.25) is 15.9 Å². The molecule has 1 N–H and O–H groups in total. The molecule has 8 nitrogen and oxygen atoms in total. The molecular formula is C21H24ClN5O3S2. The van der Waals surface area contributed by atoms with Crippen LogP contribution in [-0.2, 0) is 21.9 Å². The second-order valence-corrected chi connectivity index (χ2v) is 11.2. The van der Waals surface area contributed by atoms with Gasteiger partial charge in [0.05, 0.1) is 15.2 Å². The number of nitrogens with one attached hydrogen (secondary N) is 1. The number of hydrogen-bond donors (Lipinski definition) is 1. The number of aromatic nitrogens is 3. The van der Waals surface area contributed by atoms with Crippen molar-refractivity contribution in [2.24, 2.45) is 7.05 Å². The van der Waals surface area contributed by atoms with Gasteiger partial charge in [-0.05, 0) is 43.7 Å². The normalized spacial score (nSPS) is 12.7. The number of sulfonamides is 1. The Bertz CT molecular complexity index is 1260. The molecule has 0 saturated carbocycles. The van der Waals surface area contributed by atoms with Gasteiger partial charge in [0, 0.05) is 32.4 Å². The molecule has 0 bridgehead atoms. The van der Waals surface area contributed by atoms with E-state index in [1.165, 1.54) is 38.0 Å². The average molecular weight is 494 g/mol. The van der Waals surface area contributed by atoms with Crippen molar-refractivity contribution in [1.82, 2.24) is 19.1 Å². The Morgan fingerprint density at radius 2 is 1.88 bits per heavy atom. The molecule has 0 aliphatic carbocycles. The van der Waals surface area contributed by atoms with Crippen LogP contribution in [0.25, 0.3) is 11.4 Å². The summed E-state index contributed by atoms with van der Waals surface area (Å²) in [5, 5.41) is 11.9. The van der Waals surface area contributed by atoms with Crippen LogP contribution in [0.15, 0.2) is 52.5 Å². The van der Waals surface area contributed by atoms with Gasteiger partial charge < -0.3 is 9.88 Å². The van der Waals surface area contributed by atoms with Crippen LogP contribution in [0.4, 0.5) is 5.69 Å². The van der Waals surface area contributed by atoms with Crippen LogP contribution in [0.3, 0.4) is 0 Å². The van der Waals surface area contributed by atoms with Gasteiger partial charge in [0.15, 0.2) is 11.0 Å². The first-order valence-electron chi connectivity index (χ1n) is 9.67. The summed E-state index contributed by atoms with van der Waals surface area (Å²) in [7, 11) is 1.13. The minimum Gasteiger partial charge on any atom is -0.325 e. The van der Waals surface area contributed by atoms with Crippen LogP contribution >= 0.6 is 23.4 Å². The van der Waals surface area contributed by atoms with Gasteiger partial charge in [0.1, 0.15) is 0 Å². The fraction of sp³-hybridized carbons (Fsp3) is 0.286. The number of anilines is 1. The topological polar surface area (TPSA) is 97.2 Å². The van der Waals surface area contributed by atoms with E-state index in [1.807, 2.05) is 25.2 Å². The third-order valence-corrected chi connectivity index (χ3v) is 8.12. The highest BCUT2D eigenvalue weighted by Gasteiger charge is 2.22. The summed E-state index contributed by atoms with van der Waals surface area (Å²) in [6, 6.07) is 12.0.